The van der Waals surface area contributed by atoms with Crippen LogP contribution in [-0.4, -0.2) is 0 Å². The Bertz CT molecular complexity index is 508. The van der Waals surface area contributed by atoms with Crippen LogP contribution in [-0.2, 0) is 0 Å². The molecule has 0 aromatic carbocycles. The zero-order valence-electron chi connectivity index (χ0n) is 14.3. The highest BCUT2D eigenvalue weighted by atomic mass is 14.5. The third-order valence-corrected chi connectivity index (χ3v) is 8.03. The molecule has 0 heteroatoms. The quantitative estimate of drug-likeness (QED) is 0.520. The molecule has 0 N–H and O–H groups in total. The average molecular weight is 284 g/mol. The van der Waals surface area contributed by atoms with E-state index >= 15 is 0 Å². The second kappa shape index (κ2) is 4.74. The second-order valence-electron chi connectivity index (χ2n) is 8.73. The van der Waals surface area contributed by atoms with Crippen molar-refractivity contribution in [2.24, 2.45) is 22.7 Å². The predicted molar refractivity (Wildman–Crippen MR) is 90.1 cm³/mol. The molecular formula is C21H32. The van der Waals surface area contributed by atoms with Crippen molar-refractivity contribution in [3.8, 4) is 0 Å². The summed E-state index contributed by atoms with van der Waals surface area (Å²) >= 11 is 0. The van der Waals surface area contributed by atoms with Crippen molar-refractivity contribution in [3.63, 3.8) is 0 Å². The summed E-state index contributed by atoms with van der Waals surface area (Å²) in [5, 5.41) is 0. The van der Waals surface area contributed by atoms with Gasteiger partial charge in [-0.15, -0.1) is 0 Å². The molecule has 0 saturated heterocycles. The van der Waals surface area contributed by atoms with E-state index in [-0.39, 0.29) is 0 Å². The lowest BCUT2D eigenvalue weighted by Crippen LogP contribution is -2.41. The van der Waals surface area contributed by atoms with Gasteiger partial charge >= 0.3 is 0 Å². The van der Waals surface area contributed by atoms with Crippen LogP contribution in [0, 0.1) is 22.7 Å². The van der Waals surface area contributed by atoms with E-state index in [1.165, 1.54) is 64.2 Å². The zero-order chi connectivity index (χ0) is 14.7. The first-order valence-corrected chi connectivity index (χ1v) is 9.53. The Morgan fingerprint density at radius 2 is 1.90 bits per heavy atom. The summed E-state index contributed by atoms with van der Waals surface area (Å²) in [6, 6.07) is 0. The van der Waals surface area contributed by atoms with E-state index in [0.29, 0.717) is 10.8 Å². The normalized spacial score (nSPS) is 45.8. The van der Waals surface area contributed by atoms with Crippen molar-refractivity contribution >= 4 is 0 Å². The molecule has 4 rings (SSSR count). The predicted octanol–water partition coefficient (Wildman–Crippen LogP) is 6.43. The third kappa shape index (κ3) is 1.80. The van der Waals surface area contributed by atoms with Crippen LogP contribution in [0.5, 0.6) is 0 Å². The van der Waals surface area contributed by atoms with E-state index < -0.39 is 0 Å². The van der Waals surface area contributed by atoms with Gasteiger partial charge in [0, 0.05) is 0 Å². The molecule has 0 bridgehead atoms. The summed E-state index contributed by atoms with van der Waals surface area (Å²) in [4.78, 5) is 0. The molecule has 0 radical (unpaired) electrons. The van der Waals surface area contributed by atoms with Crippen LogP contribution in [0.15, 0.2) is 22.8 Å². The highest BCUT2D eigenvalue weighted by molar-refractivity contribution is 5.49. The Balaban J connectivity index is 1.77. The topological polar surface area (TPSA) is 0 Å². The molecule has 4 aliphatic carbocycles. The molecule has 0 aromatic heterocycles. The van der Waals surface area contributed by atoms with Crippen LogP contribution in [0.25, 0.3) is 0 Å². The number of hydrogen-bond donors (Lipinski definition) is 0. The van der Waals surface area contributed by atoms with Crippen molar-refractivity contribution < 1.29 is 0 Å². The van der Waals surface area contributed by atoms with E-state index in [1.807, 2.05) is 11.1 Å². The third-order valence-electron chi connectivity index (χ3n) is 8.03. The molecule has 1 unspecified atom stereocenters. The minimum Gasteiger partial charge on any atom is -0.0802 e. The van der Waals surface area contributed by atoms with Gasteiger partial charge in [0.2, 0.25) is 0 Å². The Labute approximate surface area is 131 Å². The van der Waals surface area contributed by atoms with Crippen molar-refractivity contribution in [1.82, 2.24) is 0 Å². The summed E-state index contributed by atoms with van der Waals surface area (Å²) in [6.07, 6.45) is 17.0. The molecule has 0 amide bonds. The van der Waals surface area contributed by atoms with Gasteiger partial charge in [-0.05, 0) is 78.8 Å². The number of allylic oxidation sites excluding steroid dienone is 4. The summed E-state index contributed by atoms with van der Waals surface area (Å²) < 4.78 is 0. The summed E-state index contributed by atoms with van der Waals surface area (Å²) in [5.74, 6) is 1.91. The molecule has 0 aliphatic heterocycles. The second-order valence-corrected chi connectivity index (χ2v) is 8.73. The van der Waals surface area contributed by atoms with Crippen LogP contribution in [0.3, 0.4) is 0 Å². The van der Waals surface area contributed by atoms with Gasteiger partial charge in [0.1, 0.15) is 0 Å². The molecule has 0 nitrogen and oxygen atoms in total. The number of fused-ring (bicyclic) bond motifs is 4. The Morgan fingerprint density at radius 1 is 1.05 bits per heavy atom. The van der Waals surface area contributed by atoms with Crippen LogP contribution >= 0.6 is 0 Å². The SMILES string of the molecule is CC[C@H]1CC=C2C3=C(CC[C@@]21C)[C@@]1(C)CCCCC1CC3. The monoisotopic (exact) mass is 284 g/mol. The lowest BCUT2D eigenvalue weighted by molar-refractivity contribution is 0.116. The standard InChI is InChI=1S/C21H32/c1-4-15-9-11-18-17-10-8-16-7-5-6-13-20(16,2)19(17)12-14-21(15,18)3/h11,15-16H,4-10,12-14H2,1-3H3/t15-,16?,20-,21+/m0/s1. The van der Waals surface area contributed by atoms with E-state index in [0.717, 1.165) is 11.8 Å². The number of hydrogen-bond acceptors (Lipinski definition) is 0. The van der Waals surface area contributed by atoms with Crippen molar-refractivity contribution in [2.75, 3.05) is 0 Å². The Hall–Kier alpha value is -0.520. The maximum atomic E-state index is 2.65. The van der Waals surface area contributed by atoms with Gasteiger partial charge in [0.25, 0.3) is 0 Å². The molecule has 1 fully saturated rings. The molecule has 0 aromatic rings. The lowest BCUT2D eigenvalue weighted by atomic mass is 9.52. The van der Waals surface area contributed by atoms with Crippen LogP contribution in [0.1, 0.15) is 85.0 Å². The summed E-state index contributed by atoms with van der Waals surface area (Å²) in [5.41, 5.74) is 6.66. The van der Waals surface area contributed by atoms with Crippen molar-refractivity contribution in [3.05, 3.63) is 22.8 Å². The van der Waals surface area contributed by atoms with Crippen LogP contribution < -0.4 is 0 Å². The molecule has 4 aliphatic rings. The molecule has 1 saturated carbocycles. The van der Waals surface area contributed by atoms with Gasteiger partial charge in [-0.25, -0.2) is 0 Å². The van der Waals surface area contributed by atoms with Gasteiger partial charge in [-0.3, -0.25) is 0 Å². The van der Waals surface area contributed by atoms with Gasteiger partial charge in [-0.2, -0.15) is 0 Å². The zero-order valence-corrected chi connectivity index (χ0v) is 14.3. The fraction of sp³-hybridized carbons (Fsp3) is 0.810. The minimum atomic E-state index is 0.519. The van der Waals surface area contributed by atoms with E-state index in [9.17, 15) is 0 Å². The largest absolute Gasteiger partial charge is 0.0802 e. The highest BCUT2D eigenvalue weighted by Crippen LogP contribution is 2.63. The molecule has 116 valence electrons. The molecular weight excluding hydrogens is 252 g/mol. The molecule has 21 heavy (non-hydrogen) atoms. The average Bonchev–Trinajstić information content (AvgIpc) is 2.83. The molecule has 0 spiro atoms. The highest BCUT2D eigenvalue weighted by Gasteiger charge is 2.50. The molecule has 0 heterocycles. The molecule has 4 atom stereocenters. The van der Waals surface area contributed by atoms with Gasteiger partial charge in [-0.1, -0.05) is 51.7 Å². The van der Waals surface area contributed by atoms with Crippen LogP contribution in [0.2, 0.25) is 0 Å². The van der Waals surface area contributed by atoms with Crippen molar-refractivity contribution in [2.45, 2.75) is 85.0 Å². The first-order valence-electron chi connectivity index (χ1n) is 9.53. The maximum Gasteiger partial charge on any atom is -0.00416 e. The maximum absolute atomic E-state index is 2.65. The van der Waals surface area contributed by atoms with E-state index in [2.05, 4.69) is 26.8 Å². The van der Waals surface area contributed by atoms with E-state index in [4.69, 9.17) is 0 Å². The van der Waals surface area contributed by atoms with Gasteiger partial charge in [0.15, 0.2) is 0 Å². The smallest absolute Gasteiger partial charge is 0.00416 e. The fourth-order valence-corrected chi connectivity index (χ4v) is 6.60. The Morgan fingerprint density at radius 3 is 2.71 bits per heavy atom. The van der Waals surface area contributed by atoms with Crippen LogP contribution in [0.4, 0.5) is 0 Å². The number of rotatable bonds is 1. The van der Waals surface area contributed by atoms with Gasteiger partial charge < -0.3 is 0 Å². The minimum absolute atomic E-state index is 0.519. The Kier molecular flexibility index (Phi) is 3.18. The van der Waals surface area contributed by atoms with Gasteiger partial charge in [0.05, 0.1) is 0 Å². The summed E-state index contributed by atoms with van der Waals surface area (Å²) in [7, 11) is 0. The first kappa shape index (κ1) is 14.1. The fourth-order valence-electron chi connectivity index (χ4n) is 6.60. The first-order chi connectivity index (χ1) is 10.1. The lowest BCUT2D eigenvalue weighted by Gasteiger charge is -2.52. The van der Waals surface area contributed by atoms with E-state index in [1.54, 1.807) is 5.57 Å². The van der Waals surface area contributed by atoms with Crippen molar-refractivity contribution in [1.29, 1.82) is 0 Å². The summed E-state index contributed by atoms with van der Waals surface area (Å²) in [6.45, 7) is 7.61.